The van der Waals surface area contributed by atoms with E-state index in [1.54, 1.807) is 13.3 Å². The van der Waals surface area contributed by atoms with E-state index in [2.05, 4.69) is 49.4 Å². The minimum Gasteiger partial charge on any atom is -0.495 e. The Bertz CT molecular complexity index is 1120. The molecule has 2 heterocycles. The van der Waals surface area contributed by atoms with E-state index in [1.165, 1.54) is 5.56 Å². The van der Waals surface area contributed by atoms with Gasteiger partial charge in [-0.3, -0.25) is 0 Å². The maximum atomic E-state index is 12.5. The van der Waals surface area contributed by atoms with Crippen LogP contribution >= 0.6 is 0 Å². The van der Waals surface area contributed by atoms with Crippen molar-refractivity contribution < 1.29 is 9.53 Å². The van der Waals surface area contributed by atoms with Gasteiger partial charge >= 0.3 is 6.03 Å². The number of ether oxygens (including phenoxy) is 1. The molecule has 0 saturated heterocycles. The molecule has 0 bridgehead atoms. The van der Waals surface area contributed by atoms with Crippen molar-refractivity contribution >= 4 is 22.6 Å². The highest BCUT2D eigenvalue weighted by molar-refractivity contribution is 6.03. The molecular weight excluding hydrogens is 378 g/mol. The number of hydrogen-bond donors (Lipinski definition) is 3. The SMILES string of the molecule is COc1ccc2[nH]ccc2c1NC(=O)NCc1nccn1CCCc1ccccc1. The topological polar surface area (TPSA) is 84.0 Å². The molecule has 0 aliphatic heterocycles. The number of nitrogens with one attached hydrogen (secondary N) is 3. The molecule has 154 valence electrons. The summed E-state index contributed by atoms with van der Waals surface area (Å²) in [6, 6.07) is 15.8. The zero-order valence-electron chi connectivity index (χ0n) is 16.9. The average molecular weight is 403 g/mol. The van der Waals surface area contributed by atoms with Gasteiger partial charge < -0.3 is 24.9 Å². The van der Waals surface area contributed by atoms with E-state index in [1.807, 2.05) is 36.7 Å². The van der Waals surface area contributed by atoms with Gasteiger partial charge in [-0.1, -0.05) is 30.3 Å². The Morgan fingerprint density at radius 1 is 1.17 bits per heavy atom. The van der Waals surface area contributed by atoms with E-state index in [0.717, 1.165) is 36.1 Å². The van der Waals surface area contributed by atoms with E-state index >= 15 is 0 Å². The Balaban J connectivity index is 1.34. The molecule has 7 heteroatoms. The highest BCUT2D eigenvalue weighted by Crippen LogP contribution is 2.32. The Morgan fingerprint density at radius 2 is 2.03 bits per heavy atom. The van der Waals surface area contributed by atoms with Gasteiger partial charge in [-0.25, -0.2) is 9.78 Å². The van der Waals surface area contributed by atoms with Gasteiger partial charge in [0.2, 0.25) is 0 Å². The lowest BCUT2D eigenvalue weighted by Gasteiger charge is -2.13. The minimum absolute atomic E-state index is 0.305. The summed E-state index contributed by atoms with van der Waals surface area (Å²) in [5, 5.41) is 6.69. The van der Waals surface area contributed by atoms with Crippen molar-refractivity contribution in [1.29, 1.82) is 0 Å². The number of H-pyrrole nitrogens is 1. The maximum Gasteiger partial charge on any atom is 0.319 e. The number of aromatic amines is 1. The fourth-order valence-electron chi connectivity index (χ4n) is 3.54. The van der Waals surface area contributed by atoms with Crippen molar-refractivity contribution in [2.75, 3.05) is 12.4 Å². The average Bonchev–Trinajstić information content (AvgIpc) is 3.43. The van der Waals surface area contributed by atoms with Gasteiger partial charge in [0, 0.05) is 36.0 Å². The minimum atomic E-state index is -0.305. The predicted molar refractivity (Wildman–Crippen MR) is 118 cm³/mol. The first-order chi connectivity index (χ1) is 14.7. The molecule has 0 atom stereocenters. The molecular formula is C23H25N5O2. The zero-order valence-corrected chi connectivity index (χ0v) is 16.9. The fraction of sp³-hybridized carbons (Fsp3) is 0.217. The van der Waals surface area contributed by atoms with E-state index in [0.29, 0.717) is 18.0 Å². The normalized spacial score (nSPS) is 10.8. The molecule has 2 amide bonds. The number of carbonyl (C=O) groups excluding carboxylic acids is 1. The number of benzene rings is 2. The number of rotatable bonds is 8. The van der Waals surface area contributed by atoms with Crippen LogP contribution in [0.3, 0.4) is 0 Å². The molecule has 0 fully saturated rings. The summed E-state index contributed by atoms with van der Waals surface area (Å²) in [6.07, 6.45) is 7.56. The lowest BCUT2D eigenvalue weighted by molar-refractivity contribution is 0.251. The van der Waals surface area contributed by atoms with E-state index in [9.17, 15) is 4.79 Å². The number of fused-ring (bicyclic) bond motifs is 1. The molecule has 0 unspecified atom stereocenters. The molecule has 30 heavy (non-hydrogen) atoms. The third-order valence-electron chi connectivity index (χ3n) is 5.07. The van der Waals surface area contributed by atoms with Crippen molar-refractivity contribution in [3.05, 3.63) is 78.5 Å². The quantitative estimate of drug-likeness (QED) is 0.409. The van der Waals surface area contributed by atoms with Crippen LogP contribution in [0, 0.1) is 0 Å². The zero-order chi connectivity index (χ0) is 20.8. The second-order valence-electron chi connectivity index (χ2n) is 7.02. The van der Waals surface area contributed by atoms with Crippen LogP contribution in [0.5, 0.6) is 5.75 Å². The molecule has 2 aromatic carbocycles. The fourth-order valence-corrected chi connectivity index (χ4v) is 3.54. The van der Waals surface area contributed by atoms with Gasteiger partial charge in [0.05, 0.1) is 19.3 Å². The van der Waals surface area contributed by atoms with Crippen molar-refractivity contribution in [1.82, 2.24) is 19.9 Å². The van der Waals surface area contributed by atoms with Gasteiger partial charge in [-0.2, -0.15) is 0 Å². The second kappa shape index (κ2) is 9.17. The lowest BCUT2D eigenvalue weighted by atomic mass is 10.1. The smallest absolute Gasteiger partial charge is 0.319 e. The number of urea groups is 1. The number of nitrogens with zero attached hydrogens (tertiary/aromatic N) is 2. The van der Waals surface area contributed by atoms with Crippen LogP contribution in [0.4, 0.5) is 10.5 Å². The van der Waals surface area contributed by atoms with Gasteiger partial charge in [0.15, 0.2) is 0 Å². The predicted octanol–water partition coefficient (Wildman–Crippen LogP) is 4.33. The van der Waals surface area contributed by atoms with Crippen LogP contribution in [0.15, 0.2) is 67.1 Å². The van der Waals surface area contributed by atoms with Crippen LogP contribution in [0.2, 0.25) is 0 Å². The highest BCUT2D eigenvalue weighted by atomic mass is 16.5. The van der Waals surface area contributed by atoms with Crippen LogP contribution in [0.25, 0.3) is 10.9 Å². The van der Waals surface area contributed by atoms with E-state index in [-0.39, 0.29) is 6.03 Å². The number of hydrogen-bond acceptors (Lipinski definition) is 3. The summed E-state index contributed by atoms with van der Waals surface area (Å²) in [4.78, 5) is 20.1. The first kappa shape index (κ1) is 19.6. The highest BCUT2D eigenvalue weighted by Gasteiger charge is 2.13. The monoisotopic (exact) mass is 403 g/mol. The van der Waals surface area contributed by atoms with Crippen LogP contribution in [-0.4, -0.2) is 27.7 Å². The van der Waals surface area contributed by atoms with Crippen LogP contribution in [0.1, 0.15) is 17.8 Å². The first-order valence-electron chi connectivity index (χ1n) is 9.97. The van der Waals surface area contributed by atoms with Crippen molar-refractivity contribution in [3.63, 3.8) is 0 Å². The third kappa shape index (κ3) is 4.46. The number of aromatic nitrogens is 3. The van der Waals surface area contributed by atoms with Gasteiger partial charge in [-0.05, 0) is 36.6 Å². The van der Waals surface area contributed by atoms with Gasteiger partial charge in [0.1, 0.15) is 11.6 Å². The first-order valence-corrected chi connectivity index (χ1v) is 9.97. The molecule has 7 nitrogen and oxygen atoms in total. The maximum absolute atomic E-state index is 12.5. The lowest BCUT2D eigenvalue weighted by Crippen LogP contribution is -2.29. The van der Waals surface area contributed by atoms with Gasteiger partial charge in [0.25, 0.3) is 0 Å². The van der Waals surface area contributed by atoms with Crippen LogP contribution in [-0.2, 0) is 19.5 Å². The summed E-state index contributed by atoms with van der Waals surface area (Å²) in [6.45, 7) is 1.19. The number of imidazole rings is 1. The molecule has 0 aliphatic carbocycles. The Kier molecular flexibility index (Phi) is 5.98. The van der Waals surface area contributed by atoms with E-state index in [4.69, 9.17) is 4.74 Å². The number of methoxy groups -OCH3 is 1. The molecule has 4 aromatic rings. The van der Waals surface area contributed by atoms with Gasteiger partial charge in [-0.15, -0.1) is 0 Å². The molecule has 4 rings (SSSR count). The van der Waals surface area contributed by atoms with Crippen molar-refractivity contribution in [2.45, 2.75) is 25.9 Å². The summed E-state index contributed by atoms with van der Waals surface area (Å²) >= 11 is 0. The molecule has 0 radical (unpaired) electrons. The number of amides is 2. The summed E-state index contributed by atoms with van der Waals surface area (Å²) in [5.41, 5.74) is 2.89. The number of carbonyl (C=O) groups is 1. The summed E-state index contributed by atoms with van der Waals surface area (Å²) < 4.78 is 7.48. The molecule has 2 aromatic heterocycles. The standard InChI is InChI=1S/C23H25N5O2/c1-30-20-10-9-19-18(11-12-24-19)22(20)27-23(29)26-16-21-25-13-15-28(21)14-5-8-17-6-3-2-4-7-17/h2-4,6-7,9-13,15,24H,5,8,14,16H2,1H3,(H2,26,27,29). The number of aryl methyl sites for hydroxylation is 2. The van der Waals surface area contributed by atoms with Crippen LogP contribution < -0.4 is 15.4 Å². The Hall–Kier alpha value is -3.74. The molecule has 3 N–H and O–H groups in total. The Labute approximate surface area is 175 Å². The summed E-state index contributed by atoms with van der Waals surface area (Å²) in [5.74, 6) is 1.43. The summed E-state index contributed by atoms with van der Waals surface area (Å²) in [7, 11) is 1.59. The van der Waals surface area contributed by atoms with E-state index < -0.39 is 0 Å². The third-order valence-corrected chi connectivity index (χ3v) is 5.07. The van der Waals surface area contributed by atoms with Crippen molar-refractivity contribution in [3.8, 4) is 5.75 Å². The Morgan fingerprint density at radius 3 is 2.87 bits per heavy atom. The molecule has 0 saturated carbocycles. The number of anilines is 1. The molecule has 0 aliphatic rings. The second-order valence-corrected chi connectivity index (χ2v) is 7.02. The largest absolute Gasteiger partial charge is 0.495 e. The molecule has 0 spiro atoms. The van der Waals surface area contributed by atoms with Crippen molar-refractivity contribution in [2.24, 2.45) is 0 Å².